The molecule has 2 aromatic carbocycles. The molecule has 0 saturated heterocycles. The predicted molar refractivity (Wildman–Crippen MR) is 88.7 cm³/mol. The first-order valence-corrected chi connectivity index (χ1v) is 8.28. The minimum atomic E-state index is 0.473. The van der Waals surface area contributed by atoms with Crippen LogP contribution >= 0.6 is 27.3 Å². The summed E-state index contributed by atoms with van der Waals surface area (Å²) in [4.78, 5) is 4.81. The fraction of sp³-hybridized carbons (Fsp3) is 0.188. The first-order valence-electron chi connectivity index (χ1n) is 6.67. The molecule has 0 spiro atoms. The van der Waals surface area contributed by atoms with Crippen molar-refractivity contribution in [3.63, 3.8) is 0 Å². The van der Waals surface area contributed by atoms with Crippen LogP contribution in [0.25, 0.3) is 10.2 Å². The van der Waals surface area contributed by atoms with E-state index in [1.165, 1.54) is 21.0 Å². The van der Waals surface area contributed by atoms with Gasteiger partial charge in [0.15, 0.2) is 0 Å². The van der Waals surface area contributed by atoms with Gasteiger partial charge in [0.2, 0.25) is 0 Å². The lowest BCUT2D eigenvalue weighted by Gasteiger charge is -2.24. The quantitative estimate of drug-likeness (QED) is 0.685. The highest BCUT2D eigenvalue weighted by molar-refractivity contribution is 9.10. The minimum absolute atomic E-state index is 0.473. The first-order chi connectivity index (χ1) is 9.79. The normalized spacial score (nSPS) is 17.8. The lowest BCUT2D eigenvalue weighted by molar-refractivity contribution is 0.691. The van der Waals surface area contributed by atoms with Gasteiger partial charge in [-0.15, -0.1) is 11.3 Å². The van der Waals surface area contributed by atoms with Crippen LogP contribution in [0.15, 0.2) is 46.9 Å². The molecule has 100 valence electrons. The van der Waals surface area contributed by atoms with Gasteiger partial charge in [-0.1, -0.05) is 34.1 Å². The van der Waals surface area contributed by atoms with Crippen LogP contribution < -0.4 is 5.32 Å². The number of hydrogen-bond acceptors (Lipinski definition) is 3. The van der Waals surface area contributed by atoms with Crippen LogP contribution in [0.1, 0.15) is 16.5 Å². The number of nitrogens with one attached hydrogen (secondary N) is 1. The molecule has 0 saturated carbocycles. The summed E-state index contributed by atoms with van der Waals surface area (Å²) in [6.07, 6.45) is 1.07. The van der Waals surface area contributed by atoms with E-state index in [0.29, 0.717) is 5.92 Å². The Balaban J connectivity index is 1.70. The van der Waals surface area contributed by atoms with Gasteiger partial charge in [-0.05, 0) is 36.2 Å². The number of benzene rings is 2. The molecule has 1 aliphatic rings. The van der Waals surface area contributed by atoms with Crippen LogP contribution in [0.3, 0.4) is 0 Å². The van der Waals surface area contributed by atoms with Crippen LogP contribution in [0, 0.1) is 0 Å². The van der Waals surface area contributed by atoms with E-state index in [0.717, 1.165) is 23.0 Å². The summed E-state index contributed by atoms with van der Waals surface area (Å²) in [5.41, 5.74) is 3.77. The topological polar surface area (TPSA) is 24.9 Å². The summed E-state index contributed by atoms with van der Waals surface area (Å²) in [5, 5.41) is 4.76. The zero-order chi connectivity index (χ0) is 13.5. The predicted octanol–water partition coefficient (Wildman–Crippen LogP) is 4.81. The molecule has 0 aliphatic carbocycles. The molecule has 1 aromatic heterocycles. The molecule has 20 heavy (non-hydrogen) atoms. The summed E-state index contributed by atoms with van der Waals surface area (Å²) >= 11 is 5.34. The molecule has 3 aromatic rings. The fourth-order valence-electron chi connectivity index (χ4n) is 2.71. The molecule has 4 heteroatoms. The molecule has 4 rings (SSSR count). The molecular weight excluding hydrogens is 332 g/mol. The largest absolute Gasteiger partial charge is 0.384 e. The van der Waals surface area contributed by atoms with Crippen molar-refractivity contribution in [3.8, 4) is 0 Å². The van der Waals surface area contributed by atoms with E-state index in [9.17, 15) is 0 Å². The van der Waals surface area contributed by atoms with Crippen LogP contribution in [-0.4, -0.2) is 11.5 Å². The van der Waals surface area contributed by atoms with Gasteiger partial charge in [0.1, 0.15) is 0 Å². The van der Waals surface area contributed by atoms with E-state index >= 15 is 0 Å². The molecule has 0 amide bonds. The zero-order valence-corrected chi connectivity index (χ0v) is 13.2. The summed E-state index contributed by atoms with van der Waals surface area (Å²) in [7, 11) is 0. The minimum Gasteiger partial charge on any atom is -0.384 e. The average molecular weight is 345 g/mol. The second-order valence-electron chi connectivity index (χ2n) is 5.10. The summed E-state index contributed by atoms with van der Waals surface area (Å²) in [6, 6.07) is 14.9. The zero-order valence-electron chi connectivity index (χ0n) is 10.8. The van der Waals surface area contributed by atoms with Gasteiger partial charge in [-0.3, -0.25) is 0 Å². The van der Waals surface area contributed by atoms with Crippen molar-refractivity contribution in [2.75, 3.05) is 11.9 Å². The van der Waals surface area contributed by atoms with E-state index < -0.39 is 0 Å². The highest BCUT2D eigenvalue weighted by Crippen LogP contribution is 2.35. The average Bonchev–Trinajstić information content (AvgIpc) is 2.89. The summed E-state index contributed by atoms with van der Waals surface area (Å²) in [6.45, 7) is 0.970. The number of hydrogen-bond donors (Lipinski definition) is 1. The first kappa shape index (κ1) is 12.4. The van der Waals surface area contributed by atoms with Gasteiger partial charge in [-0.2, -0.15) is 0 Å². The van der Waals surface area contributed by atoms with Crippen LogP contribution in [0.4, 0.5) is 5.69 Å². The van der Waals surface area contributed by atoms with Crippen molar-refractivity contribution in [1.82, 2.24) is 4.98 Å². The number of halogens is 1. The Bertz CT molecular complexity index is 781. The van der Waals surface area contributed by atoms with Gasteiger partial charge in [0, 0.05) is 22.6 Å². The molecule has 2 heterocycles. The number of thiazole rings is 1. The lowest BCUT2D eigenvalue weighted by Crippen LogP contribution is -2.21. The van der Waals surface area contributed by atoms with Crippen molar-refractivity contribution in [1.29, 1.82) is 0 Å². The maximum absolute atomic E-state index is 4.81. The molecular formula is C16H13BrN2S. The molecule has 0 radical (unpaired) electrons. The Morgan fingerprint density at radius 3 is 3.05 bits per heavy atom. The van der Waals surface area contributed by atoms with Crippen molar-refractivity contribution >= 4 is 43.2 Å². The Morgan fingerprint density at radius 2 is 2.10 bits per heavy atom. The fourth-order valence-corrected chi connectivity index (χ4v) is 4.33. The van der Waals surface area contributed by atoms with E-state index in [1.807, 2.05) is 11.3 Å². The van der Waals surface area contributed by atoms with Crippen molar-refractivity contribution in [2.24, 2.45) is 0 Å². The smallest absolute Gasteiger partial charge is 0.0990 e. The Labute approximate surface area is 130 Å². The number of para-hydroxylation sites is 1. The third kappa shape index (κ3) is 2.13. The Morgan fingerprint density at radius 1 is 1.20 bits per heavy atom. The second kappa shape index (κ2) is 4.86. The van der Waals surface area contributed by atoms with Gasteiger partial charge < -0.3 is 5.32 Å². The molecule has 1 unspecified atom stereocenters. The van der Waals surface area contributed by atoms with Crippen molar-refractivity contribution in [3.05, 3.63) is 57.5 Å². The second-order valence-corrected chi connectivity index (χ2v) is 7.08. The van der Waals surface area contributed by atoms with Gasteiger partial charge in [0.05, 0.1) is 15.2 Å². The van der Waals surface area contributed by atoms with E-state index in [-0.39, 0.29) is 0 Å². The SMILES string of the molecule is Brc1ccc2nc(C3CNc4ccccc4C3)sc2c1. The molecule has 0 bridgehead atoms. The maximum Gasteiger partial charge on any atom is 0.0990 e. The highest BCUT2D eigenvalue weighted by atomic mass is 79.9. The Hall–Kier alpha value is -1.39. The number of nitrogens with zero attached hydrogens (tertiary/aromatic N) is 1. The number of rotatable bonds is 1. The van der Waals surface area contributed by atoms with E-state index in [1.54, 1.807) is 0 Å². The van der Waals surface area contributed by atoms with Crippen LogP contribution in [0.2, 0.25) is 0 Å². The highest BCUT2D eigenvalue weighted by Gasteiger charge is 2.22. The van der Waals surface area contributed by atoms with Crippen LogP contribution in [0.5, 0.6) is 0 Å². The van der Waals surface area contributed by atoms with Gasteiger partial charge >= 0.3 is 0 Å². The monoisotopic (exact) mass is 344 g/mol. The maximum atomic E-state index is 4.81. The molecule has 1 atom stereocenters. The lowest BCUT2D eigenvalue weighted by atomic mass is 9.94. The number of anilines is 1. The third-order valence-electron chi connectivity index (χ3n) is 3.74. The van der Waals surface area contributed by atoms with Gasteiger partial charge in [0.25, 0.3) is 0 Å². The van der Waals surface area contributed by atoms with E-state index in [2.05, 4.69) is 63.7 Å². The molecule has 0 fully saturated rings. The number of fused-ring (bicyclic) bond motifs is 2. The standard InChI is InChI=1S/C16H13BrN2S/c17-12-5-6-14-15(8-12)20-16(19-14)11-7-10-3-1-2-4-13(10)18-9-11/h1-6,8,11,18H,7,9H2. The van der Waals surface area contributed by atoms with Crippen LogP contribution in [-0.2, 0) is 6.42 Å². The number of aromatic nitrogens is 1. The van der Waals surface area contributed by atoms with Crippen molar-refractivity contribution in [2.45, 2.75) is 12.3 Å². The van der Waals surface area contributed by atoms with Gasteiger partial charge in [-0.25, -0.2) is 4.98 Å². The summed E-state index contributed by atoms with van der Waals surface area (Å²) in [5.74, 6) is 0.473. The van der Waals surface area contributed by atoms with E-state index in [4.69, 9.17) is 4.98 Å². The molecule has 1 N–H and O–H groups in total. The molecule has 1 aliphatic heterocycles. The summed E-state index contributed by atoms with van der Waals surface area (Å²) < 4.78 is 2.38. The Kier molecular flexibility index (Phi) is 3.00. The molecule has 2 nitrogen and oxygen atoms in total. The van der Waals surface area contributed by atoms with Crippen molar-refractivity contribution < 1.29 is 0 Å². The third-order valence-corrected chi connectivity index (χ3v) is 5.41.